The molecule has 0 spiro atoms. The number of benzene rings is 2. The van der Waals surface area contributed by atoms with Gasteiger partial charge in [0.25, 0.3) is 0 Å². The Hall–Kier alpha value is -3.64. The number of carbonyl (C=O) groups is 1. The van der Waals surface area contributed by atoms with Gasteiger partial charge in [-0.15, -0.1) is 0 Å². The van der Waals surface area contributed by atoms with E-state index in [-0.39, 0.29) is 28.5 Å². The van der Waals surface area contributed by atoms with Crippen LogP contribution in [0, 0.1) is 5.41 Å². The summed E-state index contributed by atoms with van der Waals surface area (Å²) in [5.41, 5.74) is 0.478. The van der Waals surface area contributed by atoms with Crippen molar-refractivity contribution >= 4 is 5.78 Å². The highest BCUT2D eigenvalue weighted by Crippen LogP contribution is 2.51. The van der Waals surface area contributed by atoms with Gasteiger partial charge >= 0.3 is 0 Å². The Kier molecular flexibility index (Phi) is 5.17. The molecule has 1 aliphatic heterocycles. The number of para-hydroxylation sites is 2. The number of rotatable bonds is 4. The Morgan fingerprint density at radius 3 is 2.52 bits per heavy atom. The lowest BCUT2D eigenvalue weighted by Gasteiger charge is -2.37. The van der Waals surface area contributed by atoms with Gasteiger partial charge < -0.3 is 19.0 Å². The van der Waals surface area contributed by atoms with Crippen LogP contribution in [0.4, 0.5) is 0 Å². The van der Waals surface area contributed by atoms with Crippen LogP contribution in [-0.4, -0.2) is 10.9 Å². The highest BCUT2D eigenvalue weighted by atomic mass is 16.5. The van der Waals surface area contributed by atoms with Crippen LogP contribution in [0.1, 0.15) is 49.7 Å². The molecule has 6 heteroatoms. The predicted octanol–water partition coefficient (Wildman–Crippen LogP) is 5.09. The van der Waals surface area contributed by atoms with Crippen LogP contribution in [0.25, 0.3) is 0 Å². The van der Waals surface area contributed by atoms with Crippen molar-refractivity contribution in [2.24, 2.45) is 5.41 Å². The van der Waals surface area contributed by atoms with Crippen LogP contribution >= 0.6 is 0 Å². The molecule has 0 radical (unpaired) electrons. The number of ketones is 1. The van der Waals surface area contributed by atoms with E-state index in [1.54, 1.807) is 0 Å². The van der Waals surface area contributed by atoms with Gasteiger partial charge in [-0.2, -0.15) is 0 Å². The van der Waals surface area contributed by atoms with Gasteiger partial charge in [0, 0.05) is 30.0 Å². The molecule has 168 valence electrons. The number of Topliss-reactive ketones (excluding diaryl/α,β-unsaturated/α-hetero) is 1. The Labute approximate surface area is 191 Å². The Morgan fingerprint density at radius 2 is 1.76 bits per heavy atom. The lowest BCUT2D eigenvalue weighted by molar-refractivity contribution is -0.118. The van der Waals surface area contributed by atoms with Gasteiger partial charge in [0.15, 0.2) is 11.5 Å². The number of aliphatic hydroxyl groups is 1. The summed E-state index contributed by atoms with van der Waals surface area (Å²) < 4.78 is 18.1. The van der Waals surface area contributed by atoms with Crippen LogP contribution < -0.4 is 14.9 Å². The Morgan fingerprint density at radius 1 is 1.03 bits per heavy atom. The molecule has 0 bridgehead atoms. The number of ether oxygens (including phenoxy) is 2. The first kappa shape index (κ1) is 21.2. The summed E-state index contributed by atoms with van der Waals surface area (Å²) in [4.78, 5) is 26.3. The molecule has 2 aliphatic rings. The molecule has 1 atom stereocenters. The van der Waals surface area contributed by atoms with E-state index in [4.69, 9.17) is 13.9 Å². The quantitative estimate of drug-likeness (QED) is 0.603. The Bertz CT molecular complexity index is 1320. The van der Waals surface area contributed by atoms with E-state index < -0.39 is 18.0 Å². The molecule has 5 rings (SSSR count). The van der Waals surface area contributed by atoms with Gasteiger partial charge in [0.05, 0.1) is 5.92 Å². The molecule has 1 unspecified atom stereocenters. The molecular formula is C27H24O6. The third-order valence-corrected chi connectivity index (χ3v) is 5.99. The predicted molar refractivity (Wildman–Crippen MR) is 121 cm³/mol. The van der Waals surface area contributed by atoms with E-state index in [1.165, 1.54) is 6.07 Å². The molecule has 1 aromatic heterocycles. The molecule has 1 N–H and O–H groups in total. The number of hydrogen-bond acceptors (Lipinski definition) is 6. The normalized spacial score (nSPS) is 18.9. The second kappa shape index (κ2) is 8.05. The fourth-order valence-corrected chi connectivity index (χ4v) is 4.59. The number of hydrogen-bond donors (Lipinski definition) is 1. The largest absolute Gasteiger partial charge is 0.458 e. The van der Waals surface area contributed by atoms with Crippen LogP contribution in [0.3, 0.4) is 0 Å². The smallest absolute Gasteiger partial charge is 0.228 e. The molecule has 0 saturated carbocycles. The summed E-state index contributed by atoms with van der Waals surface area (Å²) >= 11 is 0. The maximum absolute atomic E-state index is 13.4. The second-order valence-corrected chi connectivity index (χ2v) is 9.19. The summed E-state index contributed by atoms with van der Waals surface area (Å²) in [7, 11) is 0. The van der Waals surface area contributed by atoms with Crippen molar-refractivity contribution in [2.45, 2.75) is 39.2 Å². The minimum Gasteiger partial charge on any atom is -0.458 e. The van der Waals surface area contributed by atoms with E-state index in [0.29, 0.717) is 41.2 Å². The molecule has 0 amide bonds. The molecule has 2 aromatic carbocycles. The molecular weight excluding hydrogens is 420 g/mol. The van der Waals surface area contributed by atoms with Crippen molar-refractivity contribution in [1.82, 2.24) is 0 Å². The molecule has 0 fully saturated rings. The fraction of sp³-hybridized carbons (Fsp3) is 0.259. The van der Waals surface area contributed by atoms with Gasteiger partial charge in [-0.3, -0.25) is 9.59 Å². The highest BCUT2D eigenvalue weighted by molar-refractivity contribution is 6.00. The molecule has 33 heavy (non-hydrogen) atoms. The molecule has 0 saturated heterocycles. The standard InChI is InChI=1S/C27H24O6/c1-27(2)13-20(30)24-22(14-27)33-25-19(29)12-17(15-28)32-26(25)23(24)18-10-6-7-11-21(18)31-16-8-4-3-5-9-16/h3-12,23,28H,13-15H2,1-2H3. The molecule has 2 heterocycles. The van der Waals surface area contributed by atoms with Crippen LogP contribution in [0.15, 0.2) is 81.2 Å². The number of fused-ring (bicyclic) bond motifs is 1. The number of allylic oxidation sites excluding steroid dienone is 2. The zero-order chi connectivity index (χ0) is 23.2. The van der Waals surface area contributed by atoms with Crippen molar-refractivity contribution in [1.29, 1.82) is 0 Å². The summed E-state index contributed by atoms with van der Waals surface area (Å²) in [6.07, 6.45) is 0.875. The van der Waals surface area contributed by atoms with E-state index in [2.05, 4.69) is 0 Å². The minimum absolute atomic E-state index is 0.0518. The van der Waals surface area contributed by atoms with Crippen LogP contribution in [0.5, 0.6) is 17.2 Å². The Balaban J connectivity index is 1.74. The van der Waals surface area contributed by atoms with Crippen molar-refractivity contribution < 1.29 is 23.8 Å². The molecule has 3 aromatic rings. The van der Waals surface area contributed by atoms with Gasteiger partial charge in [-0.1, -0.05) is 50.2 Å². The minimum atomic E-state index is -0.688. The maximum Gasteiger partial charge on any atom is 0.228 e. The first-order chi connectivity index (χ1) is 15.9. The van der Waals surface area contributed by atoms with Crippen molar-refractivity contribution in [3.63, 3.8) is 0 Å². The van der Waals surface area contributed by atoms with Crippen LogP contribution in [0.2, 0.25) is 0 Å². The zero-order valence-corrected chi connectivity index (χ0v) is 18.5. The summed E-state index contributed by atoms with van der Waals surface area (Å²) in [5, 5.41) is 9.65. The summed E-state index contributed by atoms with van der Waals surface area (Å²) in [5.74, 6) is 1.32. The van der Waals surface area contributed by atoms with Gasteiger partial charge in [-0.25, -0.2) is 0 Å². The molecule has 6 nitrogen and oxygen atoms in total. The number of aliphatic hydroxyl groups excluding tert-OH is 1. The lowest BCUT2D eigenvalue weighted by atomic mass is 9.71. The zero-order valence-electron chi connectivity index (χ0n) is 18.5. The topological polar surface area (TPSA) is 86.0 Å². The summed E-state index contributed by atoms with van der Waals surface area (Å²) in [6.45, 7) is 3.57. The third kappa shape index (κ3) is 3.87. The van der Waals surface area contributed by atoms with Crippen molar-refractivity contribution in [2.75, 3.05) is 0 Å². The first-order valence-electron chi connectivity index (χ1n) is 10.9. The SMILES string of the molecule is CC1(C)CC(=O)C2=C(C1)Oc1c(oc(CO)cc1=O)C2c1ccccc1Oc1ccccc1. The number of carbonyl (C=O) groups excluding carboxylic acids is 1. The maximum atomic E-state index is 13.4. The average Bonchev–Trinajstić information content (AvgIpc) is 2.78. The van der Waals surface area contributed by atoms with Crippen molar-refractivity contribution in [3.05, 3.63) is 99.3 Å². The van der Waals surface area contributed by atoms with Gasteiger partial charge in [0.2, 0.25) is 11.2 Å². The fourth-order valence-electron chi connectivity index (χ4n) is 4.59. The molecule has 1 aliphatic carbocycles. The van der Waals surface area contributed by atoms with E-state index in [1.807, 2.05) is 68.4 Å². The average molecular weight is 444 g/mol. The van der Waals surface area contributed by atoms with Gasteiger partial charge in [-0.05, 0) is 23.6 Å². The summed E-state index contributed by atoms with van der Waals surface area (Å²) in [6, 6.07) is 18.0. The first-order valence-corrected chi connectivity index (χ1v) is 10.9. The van der Waals surface area contributed by atoms with E-state index in [9.17, 15) is 14.7 Å². The van der Waals surface area contributed by atoms with Gasteiger partial charge in [0.1, 0.15) is 29.6 Å². The van der Waals surface area contributed by atoms with Crippen molar-refractivity contribution in [3.8, 4) is 17.2 Å². The second-order valence-electron chi connectivity index (χ2n) is 9.19. The monoisotopic (exact) mass is 444 g/mol. The lowest BCUT2D eigenvalue weighted by Crippen LogP contribution is -2.34. The van der Waals surface area contributed by atoms with E-state index in [0.717, 1.165) is 0 Å². The highest BCUT2D eigenvalue weighted by Gasteiger charge is 2.45. The van der Waals surface area contributed by atoms with E-state index >= 15 is 0 Å². The van der Waals surface area contributed by atoms with Crippen LogP contribution in [-0.2, 0) is 11.4 Å². The third-order valence-electron chi connectivity index (χ3n) is 5.99.